The summed E-state index contributed by atoms with van der Waals surface area (Å²) < 4.78 is 4.45. The third-order valence-electron chi connectivity index (χ3n) is 6.26. The smallest absolute Gasteiger partial charge is 0.138 e. The van der Waals surface area contributed by atoms with E-state index < -0.39 is 0 Å². The average Bonchev–Trinajstić information content (AvgIpc) is 3.45. The van der Waals surface area contributed by atoms with Gasteiger partial charge in [0, 0.05) is 39.8 Å². The Labute approximate surface area is 197 Å². The van der Waals surface area contributed by atoms with E-state index in [0.29, 0.717) is 0 Å². The fraction of sp³-hybridized carbons (Fsp3) is 0. The van der Waals surface area contributed by atoms with Gasteiger partial charge in [-0.25, -0.2) is 4.98 Å². The largest absolute Gasteiger partial charge is 0.316 e. The molecule has 0 fully saturated rings. The number of hydrogen-bond acceptors (Lipinski definition) is 2. The molecule has 3 aromatic heterocycles. The van der Waals surface area contributed by atoms with Gasteiger partial charge in [0.25, 0.3) is 0 Å². The summed E-state index contributed by atoms with van der Waals surface area (Å²) >= 11 is 0. The summed E-state index contributed by atoms with van der Waals surface area (Å²) in [5.41, 5.74) is 6.10. The molecule has 0 amide bonds. The number of benzene rings is 3. The van der Waals surface area contributed by atoms with Crippen LogP contribution in [-0.2, 0) is 0 Å². The van der Waals surface area contributed by atoms with Crippen molar-refractivity contribution in [2.45, 2.75) is 0 Å². The van der Waals surface area contributed by atoms with E-state index in [1.54, 1.807) is 12.2 Å². The lowest BCUT2D eigenvalue weighted by atomic mass is 10.1. The van der Waals surface area contributed by atoms with Crippen LogP contribution in [0.5, 0.6) is 0 Å². The van der Waals surface area contributed by atoms with Gasteiger partial charge in [-0.1, -0.05) is 55.1 Å². The fourth-order valence-electron chi connectivity index (χ4n) is 4.72. The monoisotopic (exact) mass is 438 g/mol. The van der Waals surface area contributed by atoms with Crippen LogP contribution in [0.1, 0.15) is 5.69 Å². The Bertz CT molecular complexity index is 1730. The predicted molar refractivity (Wildman–Crippen MR) is 142 cm³/mol. The molecule has 0 saturated carbocycles. The van der Waals surface area contributed by atoms with E-state index in [-0.39, 0.29) is 0 Å². The van der Waals surface area contributed by atoms with Gasteiger partial charge >= 0.3 is 0 Å². The second-order valence-corrected chi connectivity index (χ2v) is 8.18. The number of para-hydroxylation sites is 2. The third kappa shape index (κ3) is 3.08. The molecule has 1 N–H and O–H groups in total. The van der Waals surface area contributed by atoms with Crippen LogP contribution in [0.25, 0.3) is 49.8 Å². The highest BCUT2D eigenvalue weighted by Crippen LogP contribution is 2.35. The minimum atomic E-state index is 0.788. The number of fused-ring (bicyclic) bond motifs is 4. The Morgan fingerprint density at radius 1 is 0.794 bits per heavy atom. The lowest BCUT2D eigenvalue weighted by molar-refractivity contribution is 1.07. The maximum absolute atomic E-state index is 7.46. The molecular weight excluding hydrogens is 416 g/mol. The second-order valence-electron chi connectivity index (χ2n) is 8.18. The van der Waals surface area contributed by atoms with Gasteiger partial charge in [0.1, 0.15) is 5.82 Å². The Kier molecular flexibility index (Phi) is 4.70. The first-order valence-electron chi connectivity index (χ1n) is 11.2. The quantitative estimate of drug-likeness (QED) is 0.222. The van der Waals surface area contributed by atoms with E-state index >= 15 is 0 Å². The number of nitrogens with zero attached hydrogens (tertiary/aromatic N) is 3. The molecule has 0 unspecified atom stereocenters. The van der Waals surface area contributed by atoms with Crippen molar-refractivity contribution < 1.29 is 0 Å². The van der Waals surface area contributed by atoms with E-state index in [2.05, 4.69) is 88.6 Å². The van der Waals surface area contributed by atoms with Gasteiger partial charge in [0.15, 0.2) is 0 Å². The van der Waals surface area contributed by atoms with Crippen LogP contribution in [0.4, 0.5) is 0 Å². The zero-order valence-corrected chi connectivity index (χ0v) is 18.5. The summed E-state index contributed by atoms with van der Waals surface area (Å²) in [6.45, 7) is 3.89. The standard InChI is InChI=1S/C30H22N4/c1-2-21(15-17-31)26-12-8-14-30(32-26)34-27-13-7-6-11-24(27)25-19-22-16-18-33(28(22)20-29(25)34)23-9-4-3-5-10-23/h2-20,31H,1H2/b21-15+,31-17?. The molecule has 0 radical (unpaired) electrons. The van der Waals surface area contributed by atoms with Gasteiger partial charge in [-0.15, -0.1) is 0 Å². The highest BCUT2D eigenvalue weighted by molar-refractivity contribution is 6.13. The summed E-state index contributed by atoms with van der Waals surface area (Å²) in [4.78, 5) is 4.97. The first kappa shape index (κ1) is 19.9. The Balaban J connectivity index is 1.67. The minimum absolute atomic E-state index is 0.788. The highest BCUT2D eigenvalue weighted by atomic mass is 15.1. The molecule has 0 atom stereocenters. The molecular formula is C30H22N4. The van der Waals surface area contributed by atoms with Crippen LogP contribution in [-0.4, -0.2) is 20.3 Å². The number of pyridine rings is 1. The van der Waals surface area contributed by atoms with Crippen LogP contribution < -0.4 is 0 Å². The summed E-state index contributed by atoms with van der Waals surface area (Å²) in [5.74, 6) is 0.832. The van der Waals surface area contributed by atoms with E-state index in [9.17, 15) is 0 Å². The maximum Gasteiger partial charge on any atom is 0.138 e. The molecule has 0 spiro atoms. The van der Waals surface area contributed by atoms with Gasteiger partial charge in [-0.05, 0) is 54.6 Å². The van der Waals surface area contributed by atoms with Gasteiger partial charge in [0.2, 0.25) is 0 Å². The summed E-state index contributed by atoms with van der Waals surface area (Å²) in [6, 6.07) is 31.5. The molecule has 0 aliphatic rings. The molecule has 6 rings (SSSR count). The summed E-state index contributed by atoms with van der Waals surface area (Å²) in [6.07, 6.45) is 6.84. The van der Waals surface area contributed by atoms with E-state index in [4.69, 9.17) is 10.4 Å². The molecule has 4 nitrogen and oxygen atoms in total. The molecule has 162 valence electrons. The summed E-state index contributed by atoms with van der Waals surface area (Å²) in [5, 5.41) is 11.0. The molecule has 4 heteroatoms. The molecule has 34 heavy (non-hydrogen) atoms. The molecule has 6 aromatic rings. The highest BCUT2D eigenvalue weighted by Gasteiger charge is 2.16. The van der Waals surface area contributed by atoms with Crippen LogP contribution in [0.2, 0.25) is 0 Å². The van der Waals surface area contributed by atoms with Crippen LogP contribution in [0.15, 0.2) is 116 Å². The van der Waals surface area contributed by atoms with Crippen LogP contribution in [0, 0.1) is 5.41 Å². The van der Waals surface area contributed by atoms with Gasteiger partial charge in [0.05, 0.1) is 22.2 Å². The lowest BCUT2D eigenvalue weighted by Gasteiger charge is -2.10. The van der Waals surface area contributed by atoms with E-state index in [1.807, 2.05) is 24.3 Å². The van der Waals surface area contributed by atoms with Gasteiger partial charge < -0.3 is 9.98 Å². The maximum atomic E-state index is 7.46. The van der Waals surface area contributed by atoms with Crippen molar-refractivity contribution >= 4 is 44.5 Å². The average molecular weight is 439 g/mol. The zero-order valence-electron chi connectivity index (χ0n) is 18.5. The van der Waals surface area contributed by atoms with Crippen molar-refractivity contribution in [2.24, 2.45) is 0 Å². The first-order valence-corrected chi connectivity index (χ1v) is 11.2. The molecule has 0 saturated heterocycles. The number of hydrogen-bond donors (Lipinski definition) is 1. The number of allylic oxidation sites excluding steroid dienone is 3. The first-order chi connectivity index (χ1) is 16.8. The van der Waals surface area contributed by atoms with E-state index in [0.717, 1.165) is 39.3 Å². The molecule has 3 aromatic carbocycles. The van der Waals surface area contributed by atoms with Gasteiger partial charge in [-0.3, -0.25) is 4.57 Å². The van der Waals surface area contributed by atoms with Crippen molar-refractivity contribution in [1.29, 1.82) is 5.41 Å². The summed E-state index contributed by atoms with van der Waals surface area (Å²) in [7, 11) is 0. The number of rotatable bonds is 5. The minimum Gasteiger partial charge on any atom is -0.316 e. The second kappa shape index (κ2) is 8.01. The lowest BCUT2D eigenvalue weighted by Crippen LogP contribution is -2.00. The molecule has 0 bridgehead atoms. The van der Waals surface area contributed by atoms with Crippen LogP contribution in [0.3, 0.4) is 0 Å². The van der Waals surface area contributed by atoms with Crippen molar-refractivity contribution in [3.8, 4) is 11.5 Å². The fourth-order valence-corrected chi connectivity index (χ4v) is 4.72. The predicted octanol–water partition coefficient (Wildman–Crippen LogP) is 7.34. The van der Waals surface area contributed by atoms with Crippen molar-refractivity contribution in [3.63, 3.8) is 0 Å². The van der Waals surface area contributed by atoms with E-state index in [1.165, 1.54) is 22.4 Å². The zero-order chi connectivity index (χ0) is 23.1. The Hall–Kier alpha value is -4.70. The SMILES string of the molecule is C=C/C(=C\C=N)c1cccc(-n2c3ccccc3c3cc4ccn(-c5ccccc5)c4cc32)n1. The van der Waals surface area contributed by atoms with Crippen molar-refractivity contribution in [2.75, 3.05) is 0 Å². The van der Waals surface area contributed by atoms with Crippen molar-refractivity contribution in [1.82, 2.24) is 14.1 Å². The molecule has 3 heterocycles. The van der Waals surface area contributed by atoms with Gasteiger partial charge in [-0.2, -0.15) is 0 Å². The Morgan fingerprint density at radius 3 is 2.44 bits per heavy atom. The molecule has 0 aliphatic heterocycles. The topological polar surface area (TPSA) is 46.6 Å². The Morgan fingerprint density at radius 2 is 1.62 bits per heavy atom. The number of aromatic nitrogens is 3. The normalized spacial score (nSPS) is 11.9. The third-order valence-corrected chi connectivity index (χ3v) is 6.26. The van der Waals surface area contributed by atoms with Crippen molar-refractivity contribution in [3.05, 3.63) is 122 Å². The van der Waals surface area contributed by atoms with Crippen LogP contribution >= 0.6 is 0 Å². The molecule has 0 aliphatic carbocycles. The number of nitrogens with one attached hydrogen (secondary N) is 1.